The van der Waals surface area contributed by atoms with Crippen LogP contribution in [0.2, 0.25) is 0 Å². The van der Waals surface area contributed by atoms with Crippen molar-refractivity contribution in [3.05, 3.63) is 11.6 Å². The molecule has 1 aliphatic rings. The summed E-state index contributed by atoms with van der Waals surface area (Å²) in [7, 11) is 0. The monoisotopic (exact) mass is 249 g/mol. The van der Waals surface area contributed by atoms with Crippen molar-refractivity contribution in [3.63, 3.8) is 0 Å². The van der Waals surface area contributed by atoms with E-state index >= 15 is 0 Å². The molecule has 0 amide bonds. The second-order valence-corrected chi connectivity index (χ2v) is 6.12. The highest BCUT2D eigenvalue weighted by Gasteiger charge is 2.20. The number of hydrogen-bond donors (Lipinski definition) is 0. The van der Waals surface area contributed by atoms with Gasteiger partial charge < -0.3 is 0 Å². The van der Waals surface area contributed by atoms with Gasteiger partial charge in [0.1, 0.15) is 0 Å². The van der Waals surface area contributed by atoms with Gasteiger partial charge in [-0.25, -0.2) is 0 Å². The summed E-state index contributed by atoms with van der Waals surface area (Å²) in [6.07, 6.45) is 12.5. The van der Waals surface area contributed by atoms with Gasteiger partial charge in [0.25, 0.3) is 0 Å². The standard InChI is InChI=1S/C17H31N/c1-5-18-11-7-6-8-17-13-15(3)12-14(2)9-10-16(17)4/h11-12,14,16-17H,5-10,13H2,1-4H3. The summed E-state index contributed by atoms with van der Waals surface area (Å²) in [5.74, 6) is 2.56. The smallest absolute Gasteiger partial charge is 0.0357 e. The molecule has 0 saturated carbocycles. The Balaban J connectivity index is 2.42. The third-order valence-electron chi connectivity index (χ3n) is 4.26. The molecule has 0 aromatic carbocycles. The normalized spacial score (nSPS) is 30.0. The molecular weight excluding hydrogens is 218 g/mol. The zero-order valence-electron chi connectivity index (χ0n) is 12.8. The summed E-state index contributed by atoms with van der Waals surface area (Å²) < 4.78 is 0. The molecule has 0 saturated heterocycles. The van der Waals surface area contributed by atoms with Crippen LogP contribution in [-0.4, -0.2) is 12.8 Å². The second-order valence-electron chi connectivity index (χ2n) is 6.12. The Morgan fingerprint density at radius 3 is 2.83 bits per heavy atom. The number of rotatable bonds is 5. The SMILES string of the molecule is CCN=CCCCC1CC(C)=CC(C)CCC1C. The van der Waals surface area contributed by atoms with E-state index in [1.165, 1.54) is 32.1 Å². The van der Waals surface area contributed by atoms with Gasteiger partial charge in [0, 0.05) is 6.54 Å². The second kappa shape index (κ2) is 8.50. The van der Waals surface area contributed by atoms with Crippen LogP contribution in [-0.2, 0) is 0 Å². The van der Waals surface area contributed by atoms with E-state index in [4.69, 9.17) is 0 Å². The lowest BCUT2D eigenvalue weighted by atomic mass is 9.78. The van der Waals surface area contributed by atoms with Gasteiger partial charge in [-0.2, -0.15) is 0 Å². The van der Waals surface area contributed by atoms with Crippen LogP contribution >= 0.6 is 0 Å². The molecule has 0 N–H and O–H groups in total. The third kappa shape index (κ3) is 5.84. The Bertz CT molecular complexity index is 277. The van der Waals surface area contributed by atoms with Crippen molar-refractivity contribution in [2.75, 3.05) is 6.54 Å². The number of unbranched alkanes of at least 4 members (excludes halogenated alkanes) is 1. The summed E-state index contributed by atoms with van der Waals surface area (Å²) in [5, 5.41) is 0. The average Bonchev–Trinajstić information content (AvgIpc) is 2.33. The van der Waals surface area contributed by atoms with E-state index in [1.54, 1.807) is 5.57 Å². The van der Waals surface area contributed by atoms with Crippen LogP contribution in [0.25, 0.3) is 0 Å². The molecule has 0 aromatic rings. The van der Waals surface area contributed by atoms with E-state index in [0.29, 0.717) is 0 Å². The lowest BCUT2D eigenvalue weighted by Gasteiger charge is -2.28. The van der Waals surface area contributed by atoms with E-state index in [2.05, 4.69) is 45.0 Å². The molecule has 1 aliphatic carbocycles. The maximum absolute atomic E-state index is 4.30. The predicted molar refractivity (Wildman–Crippen MR) is 82.3 cm³/mol. The van der Waals surface area contributed by atoms with Crippen LogP contribution in [0.15, 0.2) is 16.6 Å². The highest BCUT2D eigenvalue weighted by atomic mass is 14.7. The quantitative estimate of drug-likeness (QED) is 0.358. The van der Waals surface area contributed by atoms with Crippen molar-refractivity contribution in [1.82, 2.24) is 0 Å². The van der Waals surface area contributed by atoms with Gasteiger partial charge in [-0.05, 0) is 76.3 Å². The number of nitrogens with zero attached hydrogens (tertiary/aromatic N) is 1. The van der Waals surface area contributed by atoms with Crippen molar-refractivity contribution >= 4 is 6.21 Å². The largest absolute Gasteiger partial charge is 0.298 e. The van der Waals surface area contributed by atoms with Crippen molar-refractivity contribution in [3.8, 4) is 0 Å². The minimum absolute atomic E-state index is 0.782. The van der Waals surface area contributed by atoms with Crippen LogP contribution < -0.4 is 0 Å². The molecule has 1 heteroatoms. The van der Waals surface area contributed by atoms with E-state index < -0.39 is 0 Å². The summed E-state index contributed by atoms with van der Waals surface area (Å²) in [5.41, 5.74) is 1.61. The molecule has 3 atom stereocenters. The van der Waals surface area contributed by atoms with Crippen LogP contribution in [0, 0.1) is 17.8 Å². The lowest BCUT2D eigenvalue weighted by Crippen LogP contribution is -2.16. The molecule has 3 unspecified atom stereocenters. The van der Waals surface area contributed by atoms with Gasteiger partial charge >= 0.3 is 0 Å². The first-order valence-electron chi connectivity index (χ1n) is 7.79. The van der Waals surface area contributed by atoms with Crippen LogP contribution in [0.3, 0.4) is 0 Å². The zero-order chi connectivity index (χ0) is 13.4. The molecule has 1 rings (SSSR count). The summed E-state index contributed by atoms with van der Waals surface area (Å²) in [4.78, 5) is 4.30. The fourth-order valence-corrected chi connectivity index (χ4v) is 3.09. The first-order valence-corrected chi connectivity index (χ1v) is 7.79. The first-order chi connectivity index (χ1) is 8.63. The molecule has 0 aromatic heterocycles. The lowest BCUT2D eigenvalue weighted by molar-refractivity contribution is 0.289. The molecule has 104 valence electrons. The van der Waals surface area contributed by atoms with Crippen molar-refractivity contribution in [1.29, 1.82) is 0 Å². The maximum atomic E-state index is 4.30. The van der Waals surface area contributed by atoms with E-state index in [-0.39, 0.29) is 0 Å². The predicted octanol–water partition coefficient (Wildman–Crippen LogP) is 5.27. The molecule has 0 aliphatic heterocycles. The molecule has 0 spiro atoms. The van der Waals surface area contributed by atoms with E-state index in [0.717, 1.165) is 30.7 Å². The fourth-order valence-electron chi connectivity index (χ4n) is 3.09. The van der Waals surface area contributed by atoms with Gasteiger partial charge in [-0.3, -0.25) is 4.99 Å². The van der Waals surface area contributed by atoms with Gasteiger partial charge in [0.2, 0.25) is 0 Å². The molecule has 0 heterocycles. The molecule has 0 fully saturated rings. The van der Waals surface area contributed by atoms with Gasteiger partial charge in [-0.1, -0.05) is 25.5 Å². The topological polar surface area (TPSA) is 12.4 Å². The van der Waals surface area contributed by atoms with Crippen LogP contribution in [0.1, 0.15) is 66.2 Å². The van der Waals surface area contributed by atoms with Gasteiger partial charge in [-0.15, -0.1) is 0 Å². The van der Waals surface area contributed by atoms with Crippen molar-refractivity contribution in [2.45, 2.75) is 66.2 Å². The Kier molecular flexibility index (Phi) is 7.31. The minimum atomic E-state index is 0.782. The number of allylic oxidation sites excluding steroid dienone is 2. The summed E-state index contributed by atoms with van der Waals surface area (Å²) in [6.45, 7) is 10.2. The Labute approximate surface area is 114 Å². The van der Waals surface area contributed by atoms with Gasteiger partial charge in [0.15, 0.2) is 0 Å². The first kappa shape index (κ1) is 15.5. The number of hydrogen-bond acceptors (Lipinski definition) is 1. The molecule has 18 heavy (non-hydrogen) atoms. The average molecular weight is 249 g/mol. The summed E-state index contributed by atoms with van der Waals surface area (Å²) in [6, 6.07) is 0. The zero-order valence-corrected chi connectivity index (χ0v) is 12.8. The highest BCUT2D eigenvalue weighted by molar-refractivity contribution is 5.56. The summed E-state index contributed by atoms with van der Waals surface area (Å²) >= 11 is 0. The van der Waals surface area contributed by atoms with E-state index in [9.17, 15) is 0 Å². The fraction of sp³-hybridized carbons (Fsp3) is 0.824. The van der Waals surface area contributed by atoms with Gasteiger partial charge in [0.05, 0.1) is 0 Å². The third-order valence-corrected chi connectivity index (χ3v) is 4.26. The Morgan fingerprint density at radius 1 is 1.33 bits per heavy atom. The maximum Gasteiger partial charge on any atom is 0.0357 e. The minimum Gasteiger partial charge on any atom is -0.298 e. The van der Waals surface area contributed by atoms with Crippen molar-refractivity contribution < 1.29 is 0 Å². The Hall–Kier alpha value is -0.590. The van der Waals surface area contributed by atoms with Crippen LogP contribution in [0.5, 0.6) is 0 Å². The molecule has 0 radical (unpaired) electrons. The van der Waals surface area contributed by atoms with Crippen LogP contribution in [0.4, 0.5) is 0 Å². The van der Waals surface area contributed by atoms with E-state index in [1.807, 2.05) is 0 Å². The molecular formula is C17H31N. The Morgan fingerprint density at radius 2 is 2.11 bits per heavy atom. The molecule has 1 nitrogen and oxygen atoms in total. The highest BCUT2D eigenvalue weighted by Crippen LogP contribution is 2.32. The molecule has 0 bridgehead atoms. The van der Waals surface area contributed by atoms with Crippen molar-refractivity contribution in [2.24, 2.45) is 22.7 Å². The number of aliphatic imine (C=N–C) groups is 1.